The second kappa shape index (κ2) is 12.3. The lowest BCUT2D eigenvalue weighted by atomic mass is 9.90. The zero-order valence-corrected chi connectivity index (χ0v) is 19.6. The molecule has 0 fully saturated rings. The summed E-state index contributed by atoms with van der Waals surface area (Å²) in [6.45, 7) is 0.376. The Morgan fingerprint density at radius 2 is 1.69 bits per heavy atom. The third kappa shape index (κ3) is 7.54. The van der Waals surface area contributed by atoms with Crippen LogP contribution in [0.5, 0.6) is 5.75 Å². The Bertz CT molecular complexity index is 986. The minimum atomic E-state index is -0.732. The van der Waals surface area contributed by atoms with E-state index < -0.39 is 5.54 Å². The fourth-order valence-corrected chi connectivity index (χ4v) is 4.68. The van der Waals surface area contributed by atoms with E-state index in [-0.39, 0.29) is 13.2 Å². The summed E-state index contributed by atoms with van der Waals surface area (Å²) in [5.41, 5.74) is 7.59. The second-order valence-corrected chi connectivity index (χ2v) is 9.51. The van der Waals surface area contributed by atoms with E-state index in [1.807, 2.05) is 60.7 Å². The van der Waals surface area contributed by atoms with Gasteiger partial charge in [0.15, 0.2) is 0 Å². The number of hydrogen-bond acceptors (Lipinski definition) is 5. The van der Waals surface area contributed by atoms with Gasteiger partial charge in [-0.1, -0.05) is 65.8 Å². The van der Waals surface area contributed by atoms with Gasteiger partial charge in [0.25, 0.3) is 0 Å². The van der Waals surface area contributed by atoms with Gasteiger partial charge in [0.1, 0.15) is 12.4 Å². The van der Waals surface area contributed by atoms with Crippen LogP contribution >= 0.6 is 23.4 Å². The minimum absolute atomic E-state index is 0.0256. The van der Waals surface area contributed by atoms with E-state index in [0.717, 1.165) is 44.5 Å². The third-order valence-electron chi connectivity index (χ3n) is 5.36. The SMILES string of the molecule is NC(CO)(CCO)CCCc1ccc(Sc2cccc(OCc3ccccc3)c2)cc1Cl. The van der Waals surface area contributed by atoms with E-state index in [0.29, 0.717) is 19.4 Å². The molecule has 0 aliphatic heterocycles. The van der Waals surface area contributed by atoms with Crippen LogP contribution < -0.4 is 10.5 Å². The smallest absolute Gasteiger partial charge is 0.120 e. The van der Waals surface area contributed by atoms with Gasteiger partial charge in [-0.05, 0) is 67.1 Å². The summed E-state index contributed by atoms with van der Waals surface area (Å²) in [5.74, 6) is 0.832. The summed E-state index contributed by atoms with van der Waals surface area (Å²) < 4.78 is 5.93. The Morgan fingerprint density at radius 1 is 0.906 bits per heavy atom. The van der Waals surface area contributed by atoms with Crippen molar-refractivity contribution >= 4 is 23.4 Å². The summed E-state index contributed by atoms with van der Waals surface area (Å²) in [5, 5.41) is 19.3. The molecule has 0 saturated heterocycles. The molecule has 0 aromatic heterocycles. The van der Waals surface area contributed by atoms with Crippen molar-refractivity contribution in [3.63, 3.8) is 0 Å². The minimum Gasteiger partial charge on any atom is -0.489 e. The molecule has 0 radical (unpaired) electrons. The van der Waals surface area contributed by atoms with Crippen LogP contribution in [0, 0.1) is 0 Å². The molecule has 0 spiro atoms. The summed E-state index contributed by atoms with van der Waals surface area (Å²) in [6.07, 6.45) is 2.59. The standard InChI is InChI=1S/C26H30ClNO3S/c27-25-17-24(12-11-21(25)8-5-13-26(28,19-30)14-15-29)32-23-10-4-9-22(16-23)31-18-20-6-2-1-3-7-20/h1-4,6-7,9-12,16-17,29-30H,5,8,13-15,18-19,28H2. The van der Waals surface area contributed by atoms with Crippen LogP contribution in [0.2, 0.25) is 5.02 Å². The van der Waals surface area contributed by atoms with Gasteiger partial charge in [0.2, 0.25) is 0 Å². The van der Waals surface area contributed by atoms with Crippen molar-refractivity contribution in [3.8, 4) is 5.75 Å². The molecule has 3 aromatic rings. The van der Waals surface area contributed by atoms with Crippen molar-refractivity contribution in [3.05, 3.63) is 88.9 Å². The Morgan fingerprint density at radius 3 is 2.41 bits per heavy atom. The summed E-state index contributed by atoms with van der Waals surface area (Å²) in [7, 11) is 0. The maximum Gasteiger partial charge on any atom is 0.120 e. The number of aryl methyl sites for hydroxylation is 1. The average Bonchev–Trinajstić information content (AvgIpc) is 2.80. The summed E-state index contributed by atoms with van der Waals surface area (Å²) >= 11 is 8.17. The average molecular weight is 472 g/mol. The van der Waals surface area contributed by atoms with Gasteiger partial charge in [-0.2, -0.15) is 0 Å². The van der Waals surface area contributed by atoms with Crippen LogP contribution in [-0.4, -0.2) is 29.0 Å². The van der Waals surface area contributed by atoms with Gasteiger partial charge in [0, 0.05) is 27.0 Å². The lowest BCUT2D eigenvalue weighted by Gasteiger charge is -2.26. The molecular formula is C26H30ClNO3S. The van der Waals surface area contributed by atoms with E-state index in [2.05, 4.69) is 12.1 Å². The Kier molecular flexibility index (Phi) is 9.45. The molecule has 1 atom stereocenters. The second-order valence-electron chi connectivity index (χ2n) is 7.95. The molecule has 6 heteroatoms. The third-order valence-corrected chi connectivity index (χ3v) is 6.69. The first-order chi connectivity index (χ1) is 15.5. The highest BCUT2D eigenvalue weighted by Gasteiger charge is 2.22. The fourth-order valence-electron chi connectivity index (χ4n) is 3.44. The topological polar surface area (TPSA) is 75.7 Å². The maximum atomic E-state index is 9.48. The van der Waals surface area contributed by atoms with Gasteiger partial charge in [0.05, 0.1) is 6.61 Å². The first-order valence-corrected chi connectivity index (χ1v) is 11.9. The number of rotatable bonds is 12. The Labute approximate surface area is 199 Å². The van der Waals surface area contributed by atoms with Crippen LogP contribution in [0.4, 0.5) is 0 Å². The molecule has 0 aliphatic rings. The number of halogens is 1. The van der Waals surface area contributed by atoms with Crippen LogP contribution in [0.25, 0.3) is 0 Å². The van der Waals surface area contributed by atoms with Crippen molar-refractivity contribution in [2.24, 2.45) is 5.73 Å². The van der Waals surface area contributed by atoms with Crippen molar-refractivity contribution in [1.82, 2.24) is 0 Å². The highest BCUT2D eigenvalue weighted by atomic mass is 35.5. The van der Waals surface area contributed by atoms with Crippen molar-refractivity contribution in [2.75, 3.05) is 13.2 Å². The van der Waals surface area contributed by atoms with E-state index >= 15 is 0 Å². The van der Waals surface area contributed by atoms with Gasteiger partial charge in [-0.25, -0.2) is 0 Å². The molecule has 0 bridgehead atoms. The van der Waals surface area contributed by atoms with Crippen molar-refractivity contribution in [1.29, 1.82) is 0 Å². The molecular weight excluding hydrogens is 442 g/mol. The number of benzene rings is 3. The first kappa shape index (κ1) is 24.6. The van der Waals surface area contributed by atoms with Crippen LogP contribution in [0.3, 0.4) is 0 Å². The zero-order valence-electron chi connectivity index (χ0n) is 18.0. The Balaban J connectivity index is 1.56. The predicted molar refractivity (Wildman–Crippen MR) is 131 cm³/mol. The van der Waals surface area contributed by atoms with Crippen LogP contribution in [0.1, 0.15) is 30.4 Å². The molecule has 0 aliphatic carbocycles. The summed E-state index contributed by atoms with van der Waals surface area (Å²) in [6, 6.07) is 24.2. The quantitative estimate of drug-likeness (QED) is 0.327. The Hall–Kier alpha value is -2.02. The number of hydrogen-bond donors (Lipinski definition) is 3. The van der Waals surface area contributed by atoms with Crippen LogP contribution in [-0.2, 0) is 13.0 Å². The van der Waals surface area contributed by atoms with E-state index in [1.54, 1.807) is 11.8 Å². The van der Waals surface area contributed by atoms with Gasteiger partial charge >= 0.3 is 0 Å². The summed E-state index contributed by atoms with van der Waals surface area (Å²) in [4.78, 5) is 2.14. The van der Waals surface area contributed by atoms with E-state index in [4.69, 9.17) is 27.2 Å². The molecule has 3 rings (SSSR count). The first-order valence-electron chi connectivity index (χ1n) is 10.7. The van der Waals surface area contributed by atoms with Crippen molar-refractivity contribution in [2.45, 2.75) is 47.6 Å². The largest absolute Gasteiger partial charge is 0.489 e. The molecule has 4 nitrogen and oxygen atoms in total. The molecule has 3 aromatic carbocycles. The van der Waals surface area contributed by atoms with Gasteiger partial charge in [-0.15, -0.1) is 0 Å². The zero-order chi connectivity index (χ0) is 22.8. The normalized spacial score (nSPS) is 13.0. The molecule has 0 heterocycles. The number of aliphatic hydroxyl groups excluding tert-OH is 2. The predicted octanol–water partition coefficient (Wildman–Crippen LogP) is 5.47. The number of aliphatic hydroxyl groups is 2. The number of ether oxygens (including phenoxy) is 1. The van der Waals surface area contributed by atoms with Crippen molar-refractivity contribution < 1.29 is 14.9 Å². The number of nitrogens with two attached hydrogens (primary N) is 1. The van der Waals surface area contributed by atoms with Gasteiger partial charge < -0.3 is 20.7 Å². The lowest BCUT2D eigenvalue weighted by molar-refractivity contribution is 0.147. The monoisotopic (exact) mass is 471 g/mol. The molecule has 4 N–H and O–H groups in total. The van der Waals surface area contributed by atoms with E-state index in [9.17, 15) is 5.11 Å². The maximum absolute atomic E-state index is 9.48. The lowest BCUT2D eigenvalue weighted by Crippen LogP contribution is -2.44. The molecule has 32 heavy (non-hydrogen) atoms. The molecule has 0 amide bonds. The molecule has 170 valence electrons. The van der Waals surface area contributed by atoms with Crippen LogP contribution in [0.15, 0.2) is 82.6 Å². The molecule has 1 unspecified atom stereocenters. The van der Waals surface area contributed by atoms with Gasteiger partial charge in [-0.3, -0.25) is 0 Å². The fraction of sp³-hybridized carbons (Fsp3) is 0.308. The highest BCUT2D eigenvalue weighted by Crippen LogP contribution is 2.33. The highest BCUT2D eigenvalue weighted by molar-refractivity contribution is 7.99. The molecule has 0 saturated carbocycles. The van der Waals surface area contributed by atoms with E-state index in [1.165, 1.54) is 0 Å².